The molecule has 138 valence electrons. The van der Waals surface area contributed by atoms with E-state index in [0.29, 0.717) is 25.3 Å². The van der Waals surface area contributed by atoms with E-state index in [1.54, 1.807) is 10.5 Å². The van der Waals surface area contributed by atoms with E-state index in [1.165, 1.54) is 11.3 Å². The zero-order valence-electron chi connectivity index (χ0n) is 15.2. The number of aryl methyl sites for hydroxylation is 1. The molecule has 1 amide bonds. The lowest BCUT2D eigenvalue weighted by Crippen LogP contribution is -2.49. The lowest BCUT2D eigenvalue weighted by Gasteiger charge is -2.35. The van der Waals surface area contributed by atoms with Gasteiger partial charge in [0.05, 0.1) is 5.69 Å². The zero-order valence-corrected chi connectivity index (χ0v) is 16.0. The van der Waals surface area contributed by atoms with E-state index in [4.69, 9.17) is 0 Å². The number of guanidine groups is 1. The number of carbonyl (C=O) groups excluding carboxylic acids is 1. The molecule has 1 spiro atoms. The normalized spacial score (nSPS) is 19.8. The molecule has 2 aliphatic rings. The summed E-state index contributed by atoms with van der Waals surface area (Å²) in [5, 5.41) is 2.87. The van der Waals surface area contributed by atoms with Crippen LogP contribution in [0.15, 0.2) is 22.1 Å². The van der Waals surface area contributed by atoms with Gasteiger partial charge in [-0.3, -0.25) is 24.2 Å². The topological polar surface area (TPSA) is 82.3 Å². The van der Waals surface area contributed by atoms with Crippen molar-refractivity contribution in [1.82, 2.24) is 24.5 Å². The van der Waals surface area contributed by atoms with Crippen molar-refractivity contribution in [3.63, 3.8) is 0 Å². The molecule has 0 atom stereocenters. The van der Waals surface area contributed by atoms with E-state index in [0.717, 1.165) is 28.6 Å². The molecule has 2 aromatic rings. The van der Waals surface area contributed by atoms with E-state index in [-0.39, 0.29) is 11.5 Å². The number of carbonyl (C=O) groups is 1. The molecule has 0 radical (unpaired) electrons. The predicted molar refractivity (Wildman–Crippen MR) is 101 cm³/mol. The minimum Gasteiger partial charge on any atom is -0.349 e. The van der Waals surface area contributed by atoms with Crippen LogP contribution >= 0.6 is 11.3 Å². The second-order valence-electron chi connectivity index (χ2n) is 7.17. The SMILES string of the molecule is Cc1cn2c(=O)cc(CN3CCC4(CC3)N=C(N(C)C)NC4=O)nc2s1. The Hall–Kier alpha value is -2.26. The Bertz CT molecular complexity index is 952. The lowest BCUT2D eigenvalue weighted by atomic mass is 9.88. The van der Waals surface area contributed by atoms with Crippen LogP contribution in [0.1, 0.15) is 23.4 Å². The van der Waals surface area contributed by atoms with Gasteiger partial charge in [-0.1, -0.05) is 0 Å². The number of fused-ring (bicyclic) bond motifs is 1. The first kappa shape index (κ1) is 17.2. The maximum absolute atomic E-state index is 12.4. The van der Waals surface area contributed by atoms with Crippen molar-refractivity contribution >= 4 is 28.2 Å². The summed E-state index contributed by atoms with van der Waals surface area (Å²) in [6.45, 7) is 4.09. The predicted octanol–water partition coefficient (Wildman–Crippen LogP) is 0.446. The molecule has 9 heteroatoms. The minimum absolute atomic E-state index is 0.00676. The molecule has 0 unspecified atom stereocenters. The monoisotopic (exact) mass is 374 g/mol. The van der Waals surface area contributed by atoms with Crippen LogP contribution in [0.2, 0.25) is 0 Å². The van der Waals surface area contributed by atoms with Gasteiger partial charge in [-0.05, 0) is 19.8 Å². The molecular formula is C17H22N6O2S. The molecule has 0 saturated carbocycles. The maximum atomic E-state index is 12.4. The van der Waals surface area contributed by atoms with E-state index < -0.39 is 5.54 Å². The van der Waals surface area contributed by atoms with Crippen molar-refractivity contribution in [3.8, 4) is 0 Å². The summed E-state index contributed by atoms with van der Waals surface area (Å²) in [5.41, 5.74) is 0.0946. The van der Waals surface area contributed by atoms with E-state index in [9.17, 15) is 9.59 Å². The summed E-state index contributed by atoms with van der Waals surface area (Å²) in [6, 6.07) is 1.61. The number of piperidine rings is 1. The van der Waals surface area contributed by atoms with Gasteiger partial charge in [0, 0.05) is 50.9 Å². The fourth-order valence-corrected chi connectivity index (χ4v) is 4.35. The number of amides is 1. The number of likely N-dealkylation sites (tertiary alicyclic amines) is 1. The summed E-state index contributed by atoms with van der Waals surface area (Å²) in [5.74, 6) is 0.629. The molecule has 4 rings (SSSR count). The van der Waals surface area contributed by atoms with Crippen molar-refractivity contribution in [1.29, 1.82) is 0 Å². The molecule has 1 saturated heterocycles. The highest BCUT2D eigenvalue weighted by molar-refractivity contribution is 7.16. The van der Waals surface area contributed by atoms with Crippen molar-refractivity contribution in [3.05, 3.63) is 33.2 Å². The largest absolute Gasteiger partial charge is 0.349 e. The Kier molecular flexibility index (Phi) is 4.07. The third-order valence-electron chi connectivity index (χ3n) is 5.00. The highest BCUT2D eigenvalue weighted by Gasteiger charge is 2.46. The van der Waals surface area contributed by atoms with Crippen LogP contribution in [0.4, 0.5) is 0 Å². The molecule has 2 aromatic heterocycles. The van der Waals surface area contributed by atoms with Gasteiger partial charge in [0.25, 0.3) is 11.5 Å². The minimum atomic E-state index is -0.641. The van der Waals surface area contributed by atoms with E-state index >= 15 is 0 Å². The number of aromatic nitrogens is 2. The second-order valence-corrected chi connectivity index (χ2v) is 8.39. The van der Waals surface area contributed by atoms with Crippen molar-refractivity contribution in [2.75, 3.05) is 27.2 Å². The first-order valence-electron chi connectivity index (χ1n) is 8.66. The Labute approximate surface area is 155 Å². The molecule has 1 N–H and O–H groups in total. The zero-order chi connectivity index (χ0) is 18.5. The molecule has 26 heavy (non-hydrogen) atoms. The molecule has 0 aliphatic carbocycles. The van der Waals surface area contributed by atoms with Gasteiger partial charge in [-0.2, -0.15) is 0 Å². The first-order valence-corrected chi connectivity index (χ1v) is 9.48. The highest BCUT2D eigenvalue weighted by atomic mass is 32.1. The number of thiazole rings is 1. The van der Waals surface area contributed by atoms with E-state index in [2.05, 4.69) is 20.2 Å². The van der Waals surface area contributed by atoms with Gasteiger partial charge in [0.2, 0.25) is 5.96 Å². The lowest BCUT2D eigenvalue weighted by molar-refractivity contribution is -0.125. The summed E-state index contributed by atoms with van der Waals surface area (Å²) in [4.78, 5) is 39.8. The molecule has 0 bridgehead atoms. The van der Waals surface area contributed by atoms with Crippen LogP contribution < -0.4 is 10.9 Å². The summed E-state index contributed by atoms with van der Waals surface area (Å²) in [6.07, 6.45) is 3.17. The molecule has 0 aromatic carbocycles. The maximum Gasteiger partial charge on any atom is 0.258 e. The summed E-state index contributed by atoms with van der Waals surface area (Å²) >= 11 is 1.52. The Morgan fingerprint density at radius 2 is 2.04 bits per heavy atom. The Morgan fingerprint density at radius 3 is 2.69 bits per heavy atom. The average Bonchev–Trinajstić information content (AvgIpc) is 3.11. The Morgan fingerprint density at radius 1 is 1.31 bits per heavy atom. The number of aliphatic imine (C=N–C) groups is 1. The summed E-state index contributed by atoms with van der Waals surface area (Å²) in [7, 11) is 3.75. The second kappa shape index (κ2) is 6.17. The highest BCUT2D eigenvalue weighted by Crippen LogP contribution is 2.30. The number of hydrogen-bond donors (Lipinski definition) is 1. The van der Waals surface area contributed by atoms with Gasteiger partial charge in [0.15, 0.2) is 4.96 Å². The standard InChI is InChI=1S/C17H22N6O2S/c1-11-9-23-13(24)8-12(18-16(23)26-11)10-22-6-4-17(5-7-22)14(25)19-15(20-17)21(2)3/h8-9H,4-7,10H2,1-3H3,(H,19,20,25). The van der Waals surface area contributed by atoms with Crippen LogP contribution in [0.25, 0.3) is 4.96 Å². The smallest absolute Gasteiger partial charge is 0.258 e. The van der Waals surface area contributed by atoms with Crippen molar-refractivity contribution in [2.45, 2.75) is 31.8 Å². The van der Waals surface area contributed by atoms with Crippen molar-refractivity contribution in [2.24, 2.45) is 4.99 Å². The number of nitrogens with one attached hydrogen (secondary N) is 1. The fraction of sp³-hybridized carbons (Fsp3) is 0.529. The Balaban J connectivity index is 1.48. The molecule has 2 aliphatic heterocycles. The van der Waals surface area contributed by atoms with Gasteiger partial charge in [-0.25, -0.2) is 9.98 Å². The summed E-state index contributed by atoms with van der Waals surface area (Å²) < 4.78 is 1.59. The van der Waals surface area contributed by atoms with E-state index in [1.807, 2.05) is 32.1 Å². The third kappa shape index (κ3) is 2.90. The molecule has 1 fully saturated rings. The van der Waals surface area contributed by atoms with Gasteiger partial charge >= 0.3 is 0 Å². The van der Waals surface area contributed by atoms with Gasteiger partial charge in [0.1, 0.15) is 5.54 Å². The van der Waals surface area contributed by atoms with Crippen molar-refractivity contribution < 1.29 is 4.79 Å². The van der Waals surface area contributed by atoms with Gasteiger partial charge < -0.3 is 4.90 Å². The van der Waals surface area contributed by atoms with Crippen LogP contribution in [0, 0.1) is 6.92 Å². The third-order valence-corrected chi connectivity index (χ3v) is 5.89. The van der Waals surface area contributed by atoms with Crippen LogP contribution in [0.3, 0.4) is 0 Å². The van der Waals surface area contributed by atoms with Crippen LogP contribution in [-0.2, 0) is 11.3 Å². The average molecular weight is 374 g/mol. The van der Waals surface area contributed by atoms with Crippen LogP contribution in [-0.4, -0.2) is 63.8 Å². The first-order chi connectivity index (χ1) is 12.4. The molecule has 8 nitrogen and oxygen atoms in total. The fourth-order valence-electron chi connectivity index (χ4n) is 3.50. The number of hydrogen-bond acceptors (Lipinski definition) is 7. The van der Waals surface area contributed by atoms with Gasteiger partial charge in [-0.15, -0.1) is 11.3 Å². The quantitative estimate of drug-likeness (QED) is 0.825. The number of nitrogens with zero attached hydrogens (tertiary/aromatic N) is 5. The molecule has 4 heterocycles. The van der Waals surface area contributed by atoms with Crippen LogP contribution in [0.5, 0.6) is 0 Å². The number of rotatable bonds is 2. The molecular weight excluding hydrogens is 352 g/mol.